The van der Waals surface area contributed by atoms with Crippen LogP contribution in [0.1, 0.15) is 72.9 Å². The first kappa shape index (κ1) is 59.1. The van der Waals surface area contributed by atoms with Gasteiger partial charge in [0.1, 0.15) is 21.2 Å². The number of carbonyl (C=O) groups is 2. The van der Waals surface area contributed by atoms with Gasteiger partial charge in [-0.2, -0.15) is 0 Å². The number of unbranched alkanes of at least 4 members (excludes halogenated alkanes) is 1. The molecule has 6 aromatic carbocycles. The van der Waals surface area contributed by atoms with Crippen LogP contribution in [0.2, 0.25) is 0 Å². The van der Waals surface area contributed by atoms with Crippen molar-refractivity contribution in [3.8, 4) is 0 Å². The van der Waals surface area contributed by atoms with Gasteiger partial charge in [0.15, 0.2) is 11.5 Å². The smallest absolute Gasteiger partial charge is 0.423 e. The molecule has 0 radical (unpaired) electrons. The molecule has 1 heterocycles. The van der Waals surface area contributed by atoms with E-state index in [2.05, 4.69) is 119 Å². The third kappa shape index (κ3) is 13.6. The Hall–Kier alpha value is -6.99. The van der Waals surface area contributed by atoms with Gasteiger partial charge < -0.3 is 34.9 Å². The number of amides is 1. The Kier molecular flexibility index (Phi) is 19.3. The highest BCUT2D eigenvalue weighted by Crippen LogP contribution is 2.59. The average Bonchev–Trinajstić information content (AvgIpc) is 3.43. The Morgan fingerprint density at radius 2 is 1.25 bits per heavy atom. The number of nitrogens with one attached hydrogen (secondary N) is 1. The molecule has 412 valence electrons. The van der Waals surface area contributed by atoms with Crippen molar-refractivity contribution in [1.29, 1.82) is 0 Å². The van der Waals surface area contributed by atoms with Crippen LogP contribution in [0.4, 0.5) is 5.69 Å². The molecule has 1 unspecified atom stereocenters. The van der Waals surface area contributed by atoms with Crippen molar-refractivity contribution in [2.75, 3.05) is 59.4 Å². The maximum Gasteiger partial charge on any atom is 0.488 e. The van der Waals surface area contributed by atoms with Gasteiger partial charge in [-0.3, -0.25) is 19.4 Å². The molecule has 6 aromatic rings. The largest absolute Gasteiger partial charge is 0.488 e. The molecule has 0 saturated heterocycles. The third-order valence-electron chi connectivity index (χ3n) is 15.4. The molecule has 0 aromatic heterocycles. The van der Waals surface area contributed by atoms with E-state index >= 15 is 4.57 Å². The zero-order valence-electron chi connectivity index (χ0n) is 47.4. The molecule has 80 heavy (non-hydrogen) atoms. The van der Waals surface area contributed by atoms with Gasteiger partial charge >= 0.3 is 14.2 Å². The number of Topliss-reactive ketones (excluding diaryl/α,β-unsaturated/α-hetero) is 1. The Labute approximate surface area is 472 Å². The molecule has 15 heteroatoms. The zero-order chi connectivity index (χ0) is 57.4. The summed E-state index contributed by atoms with van der Waals surface area (Å²) >= 11 is 0. The van der Waals surface area contributed by atoms with Crippen molar-refractivity contribution in [3.63, 3.8) is 0 Å². The van der Waals surface area contributed by atoms with E-state index in [1.807, 2.05) is 68.6 Å². The molecule has 1 aliphatic heterocycles. The SMILES string of the molecule is C=C(C)C(=O)CCCCN(Cc1ccccc1B(O)O)Cc1c2ccccc2c(CN(CCCNC(=O)C(=C)C)Cc2ccccc2B(O)O)c2ccc(/C=C/C3=C4C=CC(=[N+](C)C)C=C4P(C)(=O)c4cc(N(C)C)ccc43)cc12. The highest BCUT2D eigenvalue weighted by Gasteiger charge is 2.37. The molecule has 1 amide bonds. The second-order valence-electron chi connectivity index (χ2n) is 21.8. The molecule has 8 rings (SSSR count). The van der Waals surface area contributed by atoms with Gasteiger partial charge in [0.05, 0.1) is 0 Å². The minimum Gasteiger partial charge on any atom is -0.423 e. The van der Waals surface area contributed by atoms with Crippen LogP contribution >= 0.6 is 7.14 Å². The number of nitrogens with zero attached hydrogens (tertiary/aromatic N) is 4. The van der Waals surface area contributed by atoms with Crippen LogP contribution in [0.3, 0.4) is 0 Å². The summed E-state index contributed by atoms with van der Waals surface area (Å²) in [6, 6.07) is 36.0. The standard InChI is InChI=1S/C65H74B2N5O7P/c1-44(2)62(73)25-16-17-35-71(40-47-19-10-14-23-60(47)66(75)76)43-59-52-22-13-12-21-51(52)58(42-72(36-18-34-68-65(74)45(3)4)41-48-20-11-15-24-61(48)67(77)78)54-31-27-46(37-57(54)59)26-30-53-55-32-28-49(69(5)6)38-63(55)80(9,79)64-39-50(70(7)8)29-33-56(53)64/h10-15,19-24,26-33,37-39,75-78H,1,3,16-18,25,34-36,40-43H2,2,4-9H3/p+1/b30-26+. The maximum absolute atomic E-state index is 15.1. The lowest BCUT2D eigenvalue weighted by Gasteiger charge is -2.31. The number of benzene rings is 6. The molecule has 5 N–H and O–H groups in total. The molecule has 1 atom stereocenters. The number of ketones is 1. The first-order valence-corrected chi connectivity index (χ1v) is 29.6. The minimum absolute atomic E-state index is 0.0406. The van der Waals surface area contributed by atoms with Crippen LogP contribution in [-0.4, -0.2) is 121 Å². The average molecular weight is 1090 g/mol. The zero-order valence-corrected chi connectivity index (χ0v) is 48.3. The van der Waals surface area contributed by atoms with Crippen LogP contribution in [0.15, 0.2) is 169 Å². The third-order valence-corrected chi connectivity index (χ3v) is 17.9. The lowest BCUT2D eigenvalue weighted by molar-refractivity contribution is -0.462. The molecule has 0 fully saturated rings. The van der Waals surface area contributed by atoms with Crippen molar-refractivity contribution in [2.24, 2.45) is 0 Å². The first-order chi connectivity index (χ1) is 38.2. The summed E-state index contributed by atoms with van der Waals surface area (Å²) in [7, 11) is 1.61. The molecule has 12 nitrogen and oxygen atoms in total. The second kappa shape index (κ2) is 26.1. The summed E-state index contributed by atoms with van der Waals surface area (Å²) in [6.45, 7) is 16.4. The summed E-state index contributed by atoms with van der Waals surface area (Å²) in [5.41, 5.74) is 11.3. The van der Waals surface area contributed by atoms with Gasteiger partial charge in [0.2, 0.25) is 5.91 Å². The number of hydrogen-bond donors (Lipinski definition) is 5. The van der Waals surface area contributed by atoms with E-state index in [4.69, 9.17) is 0 Å². The van der Waals surface area contributed by atoms with E-state index in [0.717, 1.165) is 94.5 Å². The molecule has 0 spiro atoms. The topological polar surface area (TPSA) is 157 Å². The number of hydrogen-bond acceptors (Lipinski definition) is 10. The second-order valence-corrected chi connectivity index (χ2v) is 24.6. The highest BCUT2D eigenvalue weighted by molar-refractivity contribution is 7.75. The predicted molar refractivity (Wildman–Crippen MR) is 333 cm³/mol. The van der Waals surface area contributed by atoms with Crippen LogP contribution in [0.25, 0.3) is 33.2 Å². The Balaban J connectivity index is 1.31. The van der Waals surface area contributed by atoms with Crippen molar-refractivity contribution in [3.05, 3.63) is 202 Å². The van der Waals surface area contributed by atoms with Crippen molar-refractivity contribution >= 4 is 93.9 Å². The van der Waals surface area contributed by atoms with E-state index < -0.39 is 21.4 Å². The van der Waals surface area contributed by atoms with Gasteiger partial charge in [-0.15, -0.1) is 0 Å². The van der Waals surface area contributed by atoms with E-state index in [-0.39, 0.29) is 11.7 Å². The fourth-order valence-corrected chi connectivity index (χ4v) is 13.2. The lowest BCUT2D eigenvalue weighted by Crippen LogP contribution is -2.36. The molecule has 0 bridgehead atoms. The van der Waals surface area contributed by atoms with Crippen LogP contribution < -0.4 is 26.4 Å². The van der Waals surface area contributed by atoms with Crippen LogP contribution in [0, 0.1) is 0 Å². The highest BCUT2D eigenvalue weighted by atomic mass is 31.2. The van der Waals surface area contributed by atoms with E-state index in [0.29, 0.717) is 87.1 Å². The first-order valence-electron chi connectivity index (χ1n) is 27.4. The Morgan fingerprint density at radius 1 is 0.675 bits per heavy atom. The number of rotatable bonds is 24. The van der Waals surface area contributed by atoms with E-state index in [1.165, 1.54) is 0 Å². The lowest BCUT2D eigenvalue weighted by atomic mass is 9.77. The molecule has 0 saturated carbocycles. The number of anilines is 1. The summed E-state index contributed by atoms with van der Waals surface area (Å²) in [4.78, 5) is 32.0. The number of fused-ring (bicyclic) bond motifs is 4. The summed E-state index contributed by atoms with van der Waals surface area (Å²) in [5.74, 6) is -0.162. The Bertz CT molecular complexity index is 3590. The molecular formula is C65H75B2N5O7P+. The predicted octanol–water partition coefficient (Wildman–Crippen LogP) is 8.09. The van der Waals surface area contributed by atoms with Gasteiger partial charge in [-0.1, -0.05) is 116 Å². The summed E-state index contributed by atoms with van der Waals surface area (Å²) in [5, 5.41) is 50.9. The van der Waals surface area contributed by atoms with Crippen LogP contribution in [-0.2, 0) is 40.3 Å². The number of allylic oxidation sites excluding steroid dienone is 8. The van der Waals surface area contributed by atoms with Crippen molar-refractivity contribution in [2.45, 2.75) is 65.7 Å². The van der Waals surface area contributed by atoms with Crippen molar-refractivity contribution in [1.82, 2.24) is 15.1 Å². The van der Waals surface area contributed by atoms with Gasteiger partial charge in [-0.05, 0) is 153 Å². The molecule has 2 aliphatic rings. The quantitative estimate of drug-likeness (QED) is 0.0100. The summed E-state index contributed by atoms with van der Waals surface area (Å²) < 4.78 is 17.2. The fraction of sp³-hybridized carbons (Fsp3) is 0.277. The normalized spacial score (nSPS) is 14.9. The van der Waals surface area contributed by atoms with E-state index in [9.17, 15) is 29.7 Å². The van der Waals surface area contributed by atoms with Crippen molar-refractivity contribution < 1.29 is 38.8 Å². The van der Waals surface area contributed by atoms with E-state index in [1.54, 1.807) is 38.1 Å². The monoisotopic (exact) mass is 1090 g/mol. The maximum atomic E-state index is 15.1. The minimum atomic E-state index is -3.04. The van der Waals surface area contributed by atoms with Gasteiger partial charge in [-0.25, -0.2) is 4.58 Å². The summed E-state index contributed by atoms with van der Waals surface area (Å²) in [6.07, 6.45) is 12.9. The fourth-order valence-electron chi connectivity index (χ4n) is 10.9. The van der Waals surface area contributed by atoms with Crippen LogP contribution in [0.5, 0.6) is 0 Å². The molecular weight excluding hydrogens is 1020 g/mol. The van der Waals surface area contributed by atoms with Gasteiger partial charge in [0.25, 0.3) is 0 Å². The molecule has 1 aliphatic carbocycles. The Morgan fingerprint density at radius 3 is 1.82 bits per heavy atom. The number of carbonyl (C=O) groups excluding carboxylic acids is 2. The van der Waals surface area contributed by atoms with Gasteiger partial charge in [0, 0.05) is 93.8 Å².